The molecule has 0 radical (unpaired) electrons. The fourth-order valence-electron chi connectivity index (χ4n) is 3.32. The van der Waals surface area contributed by atoms with E-state index in [0.717, 1.165) is 0 Å². The fraction of sp³-hybridized carbons (Fsp3) is 0.391. The normalized spacial score (nSPS) is 14.0. The molecule has 0 fully saturated rings. The molecule has 1 heterocycles. The predicted octanol–water partition coefficient (Wildman–Crippen LogP) is -2.08. The van der Waals surface area contributed by atoms with Gasteiger partial charge in [0.05, 0.1) is 12.9 Å². The monoisotopic (exact) mass is 518 g/mol. The van der Waals surface area contributed by atoms with E-state index in [1.54, 1.807) is 30.3 Å². The van der Waals surface area contributed by atoms with E-state index in [1.165, 1.54) is 12.5 Å². The summed E-state index contributed by atoms with van der Waals surface area (Å²) in [6, 6.07) is 3.20. The molecule has 0 aliphatic carbocycles. The summed E-state index contributed by atoms with van der Waals surface area (Å²) < 4.78 is 0. The van der Waals surface area contributed by atoms with Gasteiger partial charge in [0.25, 0.3) is 0 Å². The van der Waals surface area contributed by atoms with Crippen LogP contribution in [-0.2, 0) is 36.8 Å². The lowest BCUT2D eigenvalue weighted by Crippen LogP contribution is -2.58. The van der Waals surface area contributed by atoms with Gasteiger partial charge < -0.3 is 42.0 Å². The van der Waals surface area contributed by atoms with Gasteiger partial charge in [0.15, 0.2) is 0 Å². The summed E-state index contributed by atoms with van der Waals surface area (Å²) in [7, 11) is 0. The zero-order valence-corrected chi connectivity index (χ0v) is 19.8. The van der Waals surface area contributed by atoms with Gasteiger partial charge in [0.1, 0.15) is 24.2 Å². The second-order valence-electron chi connectivity index (χ2n) is 8.21. The molecule has 4 unspecified atom stereocenters. The molecule has 14 heteroatoms. The number of nitrogens with zero attached hydrogens (tertiary/aromatic N) is 1. The molecule has 9 N–H and O–H groups in total. The Morgan fingerprint density at radius 3 is 2.08 bits per heavy atom. The largest absolute Gasteiger partial charge is 0.481 e. The number of aliphatic hydroxyl groups excluding tert-OH is 1. The molecule has 0 aliphatic rings. The number of carboxylic acids is 2. The van der Waals surface area contributed by atoms with Crippen molar-refractivity contribution in [2.45, 2.75) is 49.9 Å². The third kappa shape index (κ3) is 9.70. The van der Waals surface area contributed by atoms with Gasteiger partial charge >= 0.3 is 11.9 Å². The van der Waals surface area contributed by atoms with E-state index in [4.69, 9.17) is 15.9 Å². The molecule has 1 aromatic heterocycles. The van der Waals surface area contributed by atoms with Crippen molar-refractivity contribution in [1.82, 2.24) is 25.9 Å². The number of imidazole rings is 1. The molecule has 0 saturated heterocycles. The first-order chi connectivity index (χ1) is 17.6. The number of nitrogens with one attached hydrogen (secondary N) is 4. The summed E-state index contributed by atoms with van der Waals surface area (Å²) in [5, 5.41) is 34.9. The molecule has 14 nitrogen and oxygen atoms in total. The first kappa shape index (κ1) is 28.9. The van der Waals surface area contributed by atoms with Crippen LogP contribution < -0.4 is 21.7 Å². The van der Waals surface area contributed by atoms with Gasteiger partial charge in [0.2, 0.25) is 17.7 Å². The summed E-state index contributed by atoms with van der Waals surface area (Å²) >= 11 is 0. The Kier molecular flexibility index (Phi) is 11.2. The Labute approximate surface area is 211 Å². The molecule has 0 spiro atoms. The molecule has 200 valence electrons. The third-order valence-corrected chi connectivity index (χ3v) is 5.32. The van der Waals surface area contributed by atoms with Gasteiger partial charge in [-0.2, -0.15) is 0 Å². The Balaban J connectivity index is 2.19. The van der Waals surface area contributed by atoms with Gasteiger partial charge in [-0.05, 0) is 12.0 Å². The SMILES string of the molecule is NC(CO)C(=O)NC(Cc1cnc[nH]1)C(=O)NC(CCC(=O)O)C(=O)NC(Cc1ccccc1)C(=O)O. The van der Waals surface area contributed by atoms with E-state index < -0.39 is 66.9 Å². The van der Waals surface area contributed by atoms with Crippen molar-refractivity contribution < 1.29 is 39.3 Å². The number of nitrogens with two attached hydrogens (primary N) is 1. The number of aliphatic hydroxyl groups is 1. The lowest BCUT2D eigenvalue weighted by Gasteiger charge is -2.24. The number of aromatic nitrogens is 2. The maximum absolute atomic E-state index is 13.1. The summed E-state index contributed by atoms with van der Waals surface area (Å²) in [6.45, 7) is -0.675. The molecule has 4 atom stereocenters. The molecule has 2 rings (SSSR count). The van der Waals surface area contributed by atoms with E-state index in [9.17, 15) is 29.1 Å². The highest BCUT2D eigenvalue weighted by Crippen LogP contribution is 2.07. The highest BCUT2D eigenvalue weighted by atomic mass is 16.4. The molecule has 2 aromatic rings. The van der Waals surface area contributed by atoms with Crippen LogP contribution in [0.1, 0.15) is 24.1 Å². The minimum absolute atomic E-state index is 0.0426. The smallest absolute Gasteiger partial charge is 0.326 e. The topological polar surface area (TPSA) is 237 Å². The van der Waals surface area contributed by atoms with Crippen LogP contribution in [0.15, 0.2) is 42.9 Å². The standard InChI is InChI=1S/C23H30N6O8/c24-15(11-30)20(33)28-17(9-14-10-25-12-26-14)22(35)27-16(6-7-19(31)32)21(34)29-18(23(36)37)8-13-4-2-1-3-5-13/h1-5,10,12,15-18,30H,6-9,11,24H2,(H,25,26)(H,27,35)(H,28,33)(H,29,34)(H,31,32)(H,36,37). The second-order valence-corrected chi connectivity index (χ2v) is 8.21. The number of carbonyl (C=O) groups excluding carboxylic acids is 3. The Bertz CT molecular complexity index is 1060. The van der Waals surface area contributed by atoms with Crippen LogP contribution in [0.5, 0.6) is 0 Å². The van der Waals surface area contributed by atoms with Crippen LogP contribution in [0.25, 0.3) is 0 Å². The van der Waals surface area contributed by atoms with E-state index in [2.05, 4.69) is 25.9 Å². The van der Waals surface area contributed by atoms with Crippen LogP contribution in [-0.4, -0.2) is 85.7 Å². The minimum atomic E-state index is -1.42. The minimum Gasteiger partial charge on any atom is -0.481 e. The summed E-state index contributed by atoms with van der Waals surface area (Å²) in [5.41, 5.74) is 6.62. The lowest BCUT2D eigenvalue weighted by molar-refractivity contribution is -0.143. The first-order valence-corrected chi connectivity index (χ1v) is 11.3. The highest BCUT2D eigenvalue weighted by Gasteiger charge is 2.31. The number of carbonyl (C=O) groups is 5. The maximum atomic E-state index is 13.1. The van der Waals surface area contributed by atoms with E-state index >= 15 is 0 Å². The van der Waals surface area contributed by atoms with E-state index in [0.29, 0.717) is 11.3 Å². The second kappa shape index (κ2) is 14.3. The Hall–Kier alpha value is -4.30. The van der Waals surface area contributed by atoms with Crippen molar-refractivity contribution in [3.05, 3.63) is 54.1 Å². The molecule has 0 bridgehead atoms. The number of H-pyrrole nitrogens is 1. The van der Waals surface area contributed by atoms with Crippen molar-refractivity contribution >= 4 is 29.7 Å². The zero-order chi connectivity index (χ0) is 27.4. The number of aliphatic carboxylic acids is 2. The molecule has 1 aromatic carbocycles. The molecule has 0 aliphatic heterocycles. The maximum Gasteiger partial charge on any atom is 0.326 e. The van der Waals surface area contributed by atoms with Crippen LogP contribution in [0.2, 0.25) is 0 Å². The van der Waals surface area contributed by atoms with Crippen LogP contribution in [0, 0.1) is 0 Å². The van der Waals surface area contributed by atoms with E-state index in [-0.39, 0.29) is 19.3 Å². The van der Waals surface area contributed by atoms with Crippen LogP contribution in [0.4, 0.5) is 0 Å². The van der Waals surface area contributed by atoms with Gasteiger partial charge in [-0.3, -0.25) is 19.2 Å². The van der Waals surface area contributed by atoms with Crippen molar-refractivity contribution in [2.24, 2.45) is 5.73 Å². The van der Waals surface area contributed by atoms with Crippen molar-refractivity contribution in [1.29, 1.82) is 0 Å². The average molecular weight is 519 g/mol. The number of aromatic amines is 1. The number of hydrogen-bond acceptors (Lipinski definition) is 8. The predicted molar refractivity (Wildman–Crippen MR) is 128 cm³/mol. The highest BCUT2D eigenvalue weighted by molar-refractivity contribution is 5.94. The molecular weight excluding hydrogens is 488 g/mol. The van der Waals surface area contributed by atoms with Gasteiger partial charge in [-0.1, -0.05) is 30.3 Å². The summed E-state index contributed by atoms with van der Waals surface area (Å²) in [6.07, 6.45) is 1.79. The summed E-state index contributed by atoms with van der Waals surface area (Å²) in [5.74, 6) is -5.14. The quantitative estimate of drug-likeness (QED) is 0.128. The van der Waals surface area contributed by atoms with Crippen LogP contribution in [0.3, 0.4) is 0 Å². The number of rotatable bonds is 15. The third-order valence-electron chi connectivity index (χ3n) is 5.32. The van der Waals surface area contributed by atoms with Crippen molar-refractivity contribution in [2.75, 3.05) is 6.61 Å². The Morgan fingerprint density at radius 2 is 1.51 bits per heavy atom. The number of carboxylic acid groups (broad SMARTS) is 2. The van der Waals surface area contributed by atoms with Crippen molar-refractivity contribution in [3.8, 4) is 0 Å². The number of benzene rings is 1. The summed E-state index contributed by atoms with van der Waals surface area (Å²) in [4.78, 5) is 67.8. The van der Waals surface area contributed by atoms with Gasteiger partial charge in [-0.25, -0.2) is 9.78 Å². The number of hydrogen-bond donors (Lipinski definition) is 8. The lowest BCUT2D eigenvalue weighted by atomic mass is 10.0. The zero-order valence-electron chi connectivity index (χ0n) is 19.8. The number of amides is 3. The molecule has 3 amide bonds. The molecule has 37 heavy (non-hydrogen) atoms. The average Bonchev–Trinajstić information content (AvgIpc) is 3.38. The van der Waals surface area contributed by atoms with Gasteiger partial charge in [0, 0.05) is 31.2 Å². The van der Waals surface area contributed by atoms with Crippen LogP contribution >= 0.6 is 0 Å². The Morgan fingerprint density at radius 1 is 0.892 bits per heavy atom. The van der Waals surface area contributed by atoms with Crippen molar-refractivity contribution in [3.63, 3.8) is 0 Å². The molecule has 0 saturated carbocycles. The molecular formula is C23H30N6O8. The first-order valence-electron chi connectivity index (χ1n) is 11.3. The van der Waals surface area contributed by atoms with Gasteiger partial charge in [-0.15, -0.1) is 0 Å². The fourth-order valence-corrected chi connectivity index (χ4v) is 3.32. The van der Waals surface area contributed by atoms with E-state index in [1.807, 2.05) is 0 Å².